The Morgan fingerprint density at radius 3 is 2.26 bits per heavy atom. The highest BCUT2D eigenvalue weighted by atomic mass is 35.5. The van der Waals surface area contributed by atoms with Crippen molar-refractivity contribution in [3.63, 3.8) is 0 Å². The molecule has 3 rings (SSSR count). The molecular formula is C24H22ClF3N2O. The van der Waals surface area contributed by atoms with E-state index in [0.717, 1.165) is 17.7 Å². The van der Waals surface area contributed by atoms with Gasteiger partial charge in [0.05, 0.1) is 5.56 Å². The molecule has 0 aliphatic rings. The fourth-order valence-corrected chi connectivity index (χ4v) is 3.36. The molecule has 1 atom stereocenters. The van der Waals surface area contributed by atoms with Crippen LogP contribution in [0.2, 0.25) is 5.02 Å². The first kappa shape index (κ1) is 22.8. The topological polar surface area (TPSA) is 46.3 Å². The predicted octanol–water partition coefficient (Wildman–Crippen LogP) is 5.94. The Kier molecular flexibility index (Phi) is 7.03. The number of alkyl halides is 3. The number of amides is 1. The van der Waals surface area contributed by atoms with E-state index in [1.54, 1.807) is 36.4 Å². The van der Waals surface area contributed by atoms with E-state index in [9.17, 15) is 18.0 Å². The summed E-state index contributed by atoms with van der Waals surface area (Å²) in [6.45, 7) is 2.10. The van der Waals surface area contributed by atoms with Crippen molar-refractivity contribution >= 4 is 23.2 Å². The summed E-state index contributed by atoms with van der Waals surface area (Å²) in [5.74, 6) is -0.321. The average Bonchev–Trinajstić information content (AvgIpc) is 2.76. The van der Waals surface area contributed by atoms with Crippen LogP contribution < -0.4 is 10.6 Å². The molecule has 0 bridgehead atoms. The van der Waals surface area contributed by atoms with Crippen LogP contribution in [0.1, 0.15) is 28.3 Å². The molecule has 0 spiro atoms. The SMILES string of the molecule is Cc1ccc(N(CCc2ccc(C(F)(F)F)cc2)C(=O)C(N)c2ccccc2)cc1Cl. The van der Waals surface area contributed by atoms with Crippen molar-refractivity contribution in [1.29, 1.82) is 0 Å². The highest BCUT2D eigenvalue weighted by Gasteiger charge is 2.30. The fourth-order valence-electron chi connectivity index (χ4n) is 3.19. The number of carbonyl (C=O) groups excluding carboxylic acids is 1. The van der Waals surface area contributed by atoms with Gasteiger partial charge >= 0.3 is 6.18 Å². The predicted molar refractivity (Wildman–Crippen MR) is 117 cm³/mol. The first-order valence-electron chi connectivity index (χ1n) is 9.71. The Balaban J connectivity index is 1.85. The molecule has 0 aromatic heterocycles. The Morgan fingerprint density at radius 1 is 1.03 bits per heavy atom. The number of benzene rings is 3. The largest absolute Gasteiger partial charge is 0.416 e. The molecule has 0 aliphatic heterocycles. The maximum Gasteiger partial charge on any atom is 0.416 e. The van der Waals surface area contributed by atoms with Gasteiger partial charge in [0.25, 0.3) is 0 Å². The number of halogens is 4. The van der Waals surface area contributed by atoms with Crippen molar-refractivity contribution in [3.8, 4) is 0 Å². The van der Waals surface area contributed by atoms with Crippen molar-refractivity contribution in [2.24, 2.45) is 5.73 Å². The highest BCUT2D eigenvalue weighted by molar-refractivity contribution is 6.31. The molecule has 162 valence electrons. The number of nitrogens with two attached hydrogens (primary N) is 1. The van der Waals surface area contributed by atoms with Gasteiger partial charge in [0.1, 0.15) is 6.04 Å². The summed E-state index contributed by atoms with van der Waals surface area (Å²) in [6.07, 6.45) is -4.03. The van der Waals surface area contributed by atoms with E-state index >= 15 is 0 Å². The minimum Gasteiger partial charge on any atom is -0.316 e. The highest BCUT2D eigenvalue weighted by Crippen LogP contribution is 2.30. The Hall–Kier alpha value is -2.83. The lowest BCUT2D eigenvalue weighted by Crippen LogP contribution is -2.40. The molecular weight excluding hydrogens is 425 g/mol. The lowest BCUT2D eigenvalue weighted by atomic mass is 10.0. The van der Waals surface area contributed by atoms with Gasteiger partial charge in [-0.1, -0.05) is 60.1 Å². The van der Waals surface area contributed by atoms with Crippen LogP contribution >= 0.6 is 11.6 Å². The van der Waals surface area contributed by atoms with Gasteiger partial charge in [-0.25, -0.2) is 0 Å². The third-order valence-corrected chi connectivity index (χ3v) is 5.47. The van der Waals surface area contributed by atoms with Crippen LogP contribution in [0.5, 0.6) is 0 Å². The zero-order chi connectivity index (χ0) is 22.6. The van der Waals surface area contributed by atoms with Gasteiger partial charge in [0.2, 0.25) is 5.91 Å². The summed E-state index contributed by atoms with van der Waals surface area (Å²) >= 11 is 6.26. The van der Waals surface area contributed by atoms with Crippen LogP contribution in [0.3, 0.4) is 0 Å². The molecule has 0 saturated heterocycles. The average molecular weight is 447 g/mol. The maximum absolute atomic E-state index is 13.3. The Bertz CT molecular complexity index is 1040. The van der Waals surface area contributed by atoms with Crippen LogP contribution in [0.4, 0.5) is 18.9 Å². The number of hydrogen-bond donors (Lipinski definition) is 1. The van der Waals surface area contributed by atoms with Crippen molar-refractivity contribution < 1.29 is 18.0 Å². The number of aryl methyl sites for hydroxylation is 1. The second kappa shape index (κ2) is 9.54. The molecule has 3 aromatic carbocycles. The van der Waals surface area contributed by atoms with Crippen molar-refractivity contribution in [2.45, 2.75) is 25.6 Å². The molecule has 0 aliphatic carbocycles. The van der Waals surface area contributed by atoms with Gasteiger partial charge in [-0.05, 0) is 54.3 Å². The van der Waals surface area contributed by atoms with Crippen molar-refractivity contribution in [1.82, 2.24) is 0 Å². The lowest BCUT2D eigenvalue weighted by Gasteiger charge is -2.27. The van der Waals surface area contributed by atoms with Gasteiger partial charge < -0.3 is 10.6 Å². The van der Waals surface area contributed by atoms with E-state index in [4.69, 9.17) is 17.3 Å². The Morgan fingerprint density at radius 2 is 1.68 bits per heavy atom. The molecule has 31 heavy (non-hydrogen) atoms. The van der Waals surface area contributed by atoms with Crippen molar-refractivity contribution in [2.75, 3.05) is 11.4 Å². The molecule has 0 heterocycles. The first-order valence-corrected chi connectivity index (χ1v) is 10.1. The standard InChI is InChI=1S/C24H22ClF3N2O/c1-16-7-12-20(15-21(16)25)30(23(31)22(29)18-5-3-2-4-6-18)14-13-17-8-10-19(11-9-17)24(26,27)28/h2-12,15,22H,13-14,29H2,1H3. The third-order valence-electron chi connectivity index (χ3n) is 5.06. The summed E-state index contributed by atoms with van der Waals surface area (Å²) < 4.78 is 38.4. The molecule has 7 heteroatoms. The number of hydrogen-bond acceptors (Lipinski definition) is 2. The molecule has 3 nitrogen and oxygen atoms in total. The van der Waals surface area contributed by atoms with Gasteiger partial charge in [-0.2, -0.15) is 13.2 Å². The van der Waals surface area contributed by atoms with E-state index in [1.807, 2.05) is 19.1 Å². The van der Waals surface area contributed by atoms with Gasteiger partial charge in [-0.15, -0.1) is 0 Å². The summed E-state index contributed by atoms with van der Waals surface area (Å²) in [6, 6.07) is 18.3. The number of anilines is 1. The van der Waals surface area contributed by atoms with Gasteiger partial charge in [0, 0.05) is 17.3 Å². The fraction of sp³-hybridized carbons (Fsp3) is 0.208. The summed E-state index contributed by atoms with van der Waals surface area (Å²) in [4.78, 5) is 14.8. The van der Waals surface area contributed by atoms with E-state index < -0.39 is 17.8 Å². The van der Waals surface area contributed by atoms with E-state index in [1.165, 1.54) is 17.0 Å². The minimum atomic E-state index is -4.39. The van der Waals surface area contributed by atoms with Gasteiger partial charge in [0.15, 0.2) is 0 Å². The number of carbonyl (C=O) groups is 1. The monoisotopic (exact) mass is 446 g/mol. The van der Waals surface area contributed by atoms with Crippen LogP contribution in [-0.2, 0) is 17.4 Å². The van der Waals surface area contributed by atoms with E-state index in [2.05, 4.69) is 0 Å². The van der Waals surface area contributed by atoms with E-state index in [-0.39, 0.29) is 12.5 Å². The molecule has 0 saturated carbocycles. The van der Waals surface area contributed by atoms with E-state index in [0.29, 0.717) is 28.3 Å². The summed E-state index contributed by atoms with van der Waals surface area (Å²) in [5.41, 5.74) is 8.32. The lowest BCUT2D eigenvalue weighted by molar-refractivity contribution is -0.137. The van der Waals surface area contributed by atoms with Crippen LogP contribution in [-0.4, -0.2) is 12.5 Å². The minimum absolute atomic E-state index is 0.240. The zero-order valence-electron chi connectivity index (χ0n) is 16.9. The van der Waals surface area contributed by atoms with Crippen LogP contribution in [0.15, 0.2) is 72.8 Å². The third kappa shape index (κ3) is 5.66. The Labute approximate surface area is 184 Å². The number of rotatable bonds is 6. The molecule has 0 radical (unpaired) electrons. The summed E-state index contributed by atoms with van der Waals surface area (Å²) in [5, 5.41) is 0.512. The summed E-state index contributed by atoms with van der Waals surface area (Å²) in [7, 11) is 0. The second-order valence-corrected chi connectivity index (χ2v) is 7.66. The molecule has 1 unspecified atom stereocenters. The molecule has 1 amide bonds. The molecule has 0 fully saturated rings. The maximum atomic E-state index is 13.3. The van der Waals surface area contributed by atoms with Crippen molar-refractivity contribution in [3.05, 3.63) is 100 Å². The second-order valence-electron chi connectivity index (χ2n) is 7.26. The van der Waals surface area contributed by atoms with Crippen LogP contribution in [0, 0.1) is 6.92 Å². The quantitative estimate of drug-likeness (QED) is 0.509. The molecule has 3 aromatic rings. The zero-order valence-corrected chi connectivity index (χ0v) is 17.6. The first-order chi connectivity index (χ1) is 14.7. The smallest absolute Gasteiger partial charge is 0.316 e. The molecule has 2 N–H and O–H groups in total. The number of nitrogens with zero attached hydrogens (tertiary/aromatic N) is 1. The van der Waals surface area contributed by atoms with Crippen LogP contribution in [0.25, 0.3) is 0 Å². The van der Waals surface area contributed by atoms with Gasteiger partial charge in [-0.3, -0.25) is 4.79 Å². The normalized spacial score (nSPS) is 12.5.